The zero-order chi connectivity index (χ0) is 4.57. The van der Waals surface area contributed by atoms with Gasteiger partial charge in [-0.3, -0.25) is 4.79 Å². The van der Waals surface area contributed by atoms with Gasteiger partial charge in [0.05, 0.1) is 0 Å². The van der Waals surface area contributed by atoms with Crippen molar-refractivity contribution in [2.75, 3.05) is 0 Å². The van der Waals surface area contributed by atoms with E-state index in [4.69, 9.17) is 0 Å². The minimum atomic E-state index is 0. The fourth-order valence-corrected chi connectivity index (χ4v) is 0.490. The van der Waals surface area contributed by atoms with E-state index in [2.05, 4.69) is 0 Å². The van der Waals surface area contributed by atoms with Crippen molar-refractivity contribution in [2.45, 2.75) is 19.8 Å². The summed E-state index contributed by atoms with van der Waals surface area (Å²) in [5, 5.41) is 0. The molecule has 0 aromatic rings. The van der Waals surface area contributed by atoms with Crippen LogP contribution in [0, 0.1) is 5.92 Å². The largest absolute Gasteiger partial charge is 0.300 e. The lowest BCUT2D eigenvalue weighted by Crippen LogP contribution is -1.88. The van der Waals surface area contributed by atoms with Crippen molar-refractivity contribution < 1.29 is 4.79 Å². The number of rotatable bonds is 1. The van der Waals surface area contributed by atoms with Crippen molar-refractivity contribution >= 4 is 18.2 Å². The summed E-state index contributed by atoms with van der Waals surface area (Å²) in [5.74, 6) is 0.833. The molecule has 1 nitrogen and oxygen atoms in total. The molecule has 0 spiro atoms. The van der Waals surface area contributed by atoms with Crippen molar-refractivity contribution in [3.63, 3.8) is 0 Å². The number of carbonyl (C=O) groups excluding carboxylic acids is 1. The predicted molar refractivity (Wildman–Crippen MR) is 30.7 cm³/mol. The minimum Gasteiger partial charge on any atom is -0.300 e. The first-order valence-corrected chi connectivity index (χ1v) is 2.31. The lowest BCUT2D eigenvalue weighted by atomic mass is 10.3. The molecular formula is C5H9ClO. The highest BCUT2D eigenvalue weighted by Gasteiger charge is 2.25. The molecule has 1 saturated carbocycles. The summed E-state index contributed by atoms with van der Waals surface area (Å²) in [7, 11) is 0. The van der Waals surface area contributed by atoms with Gasteiger partial charge in [-0.15, -0.1) is 12.4 Å². The van der Waals surface area contributed by atoms with E-state index in [9.17, 15) is 4.79 Å². The fraction of sp³-hybridized carbons (Fsp3) is 0.800. The SMILES string of the molecule is CC(=O)C1CC1.Cl. The molecule has 1 rings (SSSR count). The fourth-order valence-electron chi connectivity index (χ4n) is 0.490. The maximum absolute atomic E-state index is 10.2. The smallest absolute Gasteiger partial charge is 0.132 e. The van der Waals surface area contributed by atoms with E-state index in [1.807, 2.05) is 0 Å². The van der Waals surface area contributed by atoms with Crippen LogP contribution < -0.4 is 0 Å². The normalized spacial score (nSPS) is 17.9. The molecule has 0 amide bonds. The van der Waals surface area contributed by atoms with Gasteiger partial charge in [0.2, 0.25) is 0 Å². The second-order valence-corrected chi connectivity index (χ2v) is 1.88. The van der Waals surface area contributed by atoms with E-state index in [0.717, 1.165) is 12.8 Å². The predicted octanol–water partition coefficient (Wildman–Crippen LogP) is 1.41. The number of ketones is 1. The Labute approximate surface area is 49.5 Å². The van der Waals surface area contributed by atoms with Gasteiger partial charge >= 0.3 is 0 Å². The molecule has 0 saturated heterocycles. The Kier molecular flexibility index (Phi) is 2.30. The molecule has 0 N–H and O–H groups in total. The van der Waals surface area contributed by atoms with Crippen molar-refractivity contribution in [2.24, 2.45) is 5.92 Å². The van der Waals surface area contributed by atoms with Crippen LogP contribution in [0.15, 0.2) is 0 Å². The van der Waals surface area contributed by atoms with Crippen molar-refractivity contribution in [3.8, 4) is 0 Å². The number of hydrogen-bond acceptors (Lipinski definition) is 1. The van der Waals surface area contributed by atoms with E-state index < -0.39 is 0 Å². The first-order valence-electron chi connectivity index (χ1n) is 2.31. The lowest BCUT2D eigenvalue weighted by molar-refractivity contribution is -0.118. The van der Waals surface area contributed by atoms with Gasteiger partial charge in [-0.1, -0.05) is 0 Å². The minimum absolute atomic E-state index is 0. The average Bonchev–Trinajstić information content (AvgIpc) is 2.06. The van der Waals surface area contributed by atoms with E-state index in [1.54, 1.807) is 6.92 Å². The number of hydrogen-bond donors (Lipinski definition) is 0. The van der Waals surface area contributed by atoms with Crippen LogP contribution in [0.2, 0.25) is 0 Å². The standard InChI is InChI=1S/C5H8O.ClH/c1-4(6)5-2-3-5;/h5H,2-3H2,1H3;1H. The van der Waals surface area contributed by atoms with Gasteiger partial charge in [0.1, 0.15) is 5.78 Å². The van der Waals surface area contributed by atoms with E-state index >= 15 is 0 Å². The van der Waals surface area contributed by atoms with E-state index in [0.29, 0.717) is 11.7 Å². The molecule has 0 atom stereocenters. The summed E-state index contributed by atoms with van der Waals surface area (Å²) >= 11 is 0. The Balaban J connectivity index is 0.000000360. The van der Waals surface area contributed by atoms with Gasteiger partial charge in [0, 0.05) is 5.92 Å². The highest BCUT2D eigenvalue weighted by atomic mass is 35.5. The molecule has 1 aliphatic carbocycles. The molecule has 1 fully saturated rings. The molecule has 1 aliphatic rings. The molecule has 0 aromatic heterocycles. The third kappa shape index (κ3) is 1.93. The lowest BCUT2D eigenvalue weighted by Gasteiger charge is -1.75. The summed E-state index contributed by atoms with van der Waals surface area (Å²) in [6.45, 7) is 1.66. The summed E-state index contributed by atoms with van der Waals surface area (Å²) in [6.07, 6.45) is 2.30. The third-order valence-electron chi connectivity index (χ3n) is 1.15. The van der Waals surface area contributed by atoms with Gasteiger partial charge in [-0.05, 0) is 19.8 Å². The highest BCUT2D eigenvalue weighted by Crippen LogP contribution is 2.29. The third-order valence-corrected chi connectivity index (χ3v) is 1.15. The Morgan fingerprint density at radius 1 is 1.57 bits per heavy atom. The maximum Gasteiger partial charge on any atom is 0.132 e. The first-order chi connectivity index (χ1) is 2.80. The Morgan fingerprint density at radius 2 is 2.00 bits per heavy atom. The van der Waals surface area contributed by atoms with E-state index in [1.165, 1.54) is 0 Å². The van der Waals surface area contributed by atoms with Crippen LogP contribution in [0.1, 0.15) is 19.8 Å². The van der Waals surface area contributed by atoms with Crippen LogP contribution in [-0.2, 0) is 4.79 Å². The molecule has 42 valence electrons. The van der Waals surface area contributed by atoms with Gasteiger partial charge < -0.3 is 0 Å². The van der Waals surface area contributed by atoms with Gasteiger partial charge in [-0.2, -0.15) is 0 Å². The zero-order valence-corrected chi connectivity index (χ0v) is 5.12. The Bertz CT molecular complexity index is 76.1. The van der Waals surface area contributed by atoms with Gasteiger partial charge in [0.15, 0.2) is 0 Å². The molecule has 0 bridgehead atoms. The van der Waals surface area contributed by atoms with Crippen LogP contribution in [-0.4, -0.2) is 5.78 Å². The van der Waals surface area contributed by atoms with Crippen molar-refractivity contribution in [3.05, 3.63) is 0 Å². The topological polar surface area (TPSA) is 17.1 Å². The average molecular weight is 121 g/mol. The molecule has 2 heteroatoms. The van der Waals surface area contributed by atoms with Crippen LogP contribution in [0.5, 0.6) is 0 Å². The van der Waals surface area contributed by atoms with Crippen molar-refractivity contribution in [1.29, 1.82) is 0 Å². The van der Waals surface area contributed by atoms with Crippen LogP contribution in [0.3, 0.4) is 0 Å². The summed E-state index contributed by atoms with van der Waals surface area (Å²) in [6, 6.07) is 0. The molecule has 0 unspecified atom stereocenters. The molecule has 0 aromatic carbocycles. The number of Topliss-reactive ketones (excluding diaryl/α,β-unsaturated/α-hetero) is 1. The summed E-state index contributed by atoms with van der Waals surface area (Å²) < 4.78 is 0. The maximum atomic E-state index is 10.2. The highest BCUT2D eigenvalue weighted by molar-refractivity contribution is 5.85. The van der Waals surface area contributed by atoms with Crippen LogP contribution in [0.4, 0.5) is 0 Å². The monoisotopic (exact) mass is 120 g/mol. The first kappa shape index (κ1) is 6.96. The molecular weight excluding hydrogens is 112 g/mol. The van der Waals surface area contributed by atoms with Gasteiger partial charge in [-0.25, -0.2) is 0 Å². The Hall–Kier alpha value is -0.0400. The molecule has 0 radical (unpaired) electrons. The summed E-state index contributed by atoms with van der Waals surface area (Å²) in [4.78, 5) is 10.2. The number of carbonyl (C=O) groups is 1. The second-order valence-electron chi connectivity index (χ2n) is 1.88. The van der Waals surface area contributed by atoms with Gasteiger partial charge in [0.25, 0.3) is 0 Å². The van der Waals surface area contributed by atoms with E-state index in [-0.39, 0.29) is 12.4 Å². The quantitative estimate of drug-likeness (QED) is 0.512. The van der Waals surface area contributed by atoms with Crippen molar-refractivity contribution in [1.82, 2.24) is 0 Å². The zero-order valence-electron chi connectivity index (χ0n) is 4.31. The molecule has 0 heterocycles. The molecule has 7 heavy (non-hydrogen) atoms. The number of halogens is 1. The van der Waals surface area contributed by atoms with Crippen LogP contribution >= 0.6 is 12.4 Å². The molecule has 0 aliphatic heterocycles. The Morgan fingerprint density at radius 3 is 2.00 bits per heavy atom. The van der Waals surface area contributed by atoms with Crippen LogP contribution in [0.25, 0.3) is 0 Å². The second kappa shape index (κ2) is 2.31. The summed E-state index contributed by atoms with van der Waals surface area (Å²) in [5.41, 5.74) is 0.